The Morgan fingerprint density at radius 1 is 1.21 bits per heavy atom. The molecular weight excluding hydrogens is 238 g/mol. The smallest absolute Gasteiger partial charge is 0.0700 e. The summed E-state index contributed by atoms with van der Waals surface area (Å²) in [5.41, 5.74) is 0.514. The molecular formula is C16H31NO2. The van der Waals surface area contributed by atoms with E-state index in [1.807, 2.05) is 0 Å². The molecule has 2 saturated carbocycles. The van der Waals surface area contributed by atoms with Crippen molar-refractivity contribution in [2.75, 3.05) is 33.5 Å². The summed E-state index contributed by atoms with van der Waals surface area (Å²) < 4.78 is 10.8. The molecule has 0 saturated heterocycles. The van der Waals surface area contributed by atoms with Crippen LogP contribution in [0.15, 0.2) is 0 Å². The SMILES string of the molecule is COCCOCCC1(CNC(C)C)CC2CCC1C2. The zero-order valence-electron chi connectivity index (χ0n) is 12.9. The van der Waals surface area contributed by atoms with Crippen molar-refractivity contribution < 1.29 is 9.47 Å². The Bertz CT molecular complexity index is 269. The predicted molar refractivity (Wildman–Crippen MR) is 78.3 cm³/mol. The van der Waals surface area contributed by atoms with Crippen molar-refractivity contribution in [3.8, 4) is 0 Å². The Balaban J connectivity index is 1.81. The van der Waals surface area contributed by atoms with Gasteiger partial charge in [0.2, 0.25) is 0 Å². The highest BCUT2D eigenvalue weighted by atomic mass is 16.5. The lowest BCUT2D eigenvalue weighted by atomic mass is 9.71. The monoisotopic (exact) mass is 269 g/mol. The molecule has 3 nitrogen and oxygen atoms in total. The van der Waals surface area contributed by atoms with E-state index in [1.165, 1.54) is 38.6 Å². The number of hydrogen-bond donors (Lipinski definition) is 1. The highest BCUT2D eigenvalue weighted by Gasteiger charge is 2.50. The zero-order chi connectivity index (χ0) is 13.7. The second-order valence-corrected chi connectivity index (χ2v) is 6.83. The van der Waals surface area contributed by atoms with Crippen LogP contribution < -0.4 is 5.32 Å². The maximum Gasteiger partial charge on any atom is 0.0700 e. The largest absolute Gasteiger partial charge is 0.382 e. The zero-order valence-corrected chi connectivity index (χ0v) is 12.9. The van der Waals surface area contributed by atoms with Crippen molar-refractivity contribution in [3.05, 3.63) is 0 Å². The van der Waals surface area contributed by atoms with Gasteiger partial charge in [0, 0.05) is 26.3 Å². The summed E-state index contributed by atoms with van der Waals surface area (Å²) in [6.45, 7) is 8.01. The maximum atomic E-state index is 5.72. The van der Waals surface area contributed by atoms with Crippen molar-refractivity contribution in [2.24, 2.45) is 17.3 Å². The number of methoxy groups -OCH3 is 1. The van der Waals surface area contributed by atoms with Crippen LogP contribution in [-0.2, 0) is 9.47 Å². The van der Waals surface area contributed by atoms with Crippen LogP contribution >= 0.6 is 0 Å². The molecule has 1 N–H and O–H groups in total. The van der Waals surface area contributed by atoms with Crippen molar-refractivity contribution in [3.63, 3.8) is 0 Å². The van der Waals surface area contributed by atoms with Crippen LogP contribution in [-0.4, -0.2) is 39.5 Å². The lowest BCUT2D eigenvalue weighted by molar-refractivity contribution is 0.0351. The second kappa shape index (κ2) is 7.05. The molecule has 3 heteroatoms. The Labute approximate surface area is 118 Å². The van der Waals surface area contributed by atoms with Gasteiger partial charge in [-0.2, -0.15) is 0 Å². The Kier molecular flexibility index (Phi) is 5.67. The van der Waals surface area contributed by atoms with E-state index in [2.05, 4.69) is 19.2 Å². The first-order chi connectivity index (χ1) is 9.16. The average molecular weight is 269 g/mol. The fourth-order valence-electron chi connectivity index (χ4n) is 4.10. The van der Waals surface area contributed by atoms with E-state index in [1.54, 1.807) is 7.11 Å². The van der Waals surface area contributed by atoms with Gasteiger partial charge in [0.05, 0.1) is 13.2 Å². The van der Waals surface area contributed by atoms with Gasteiger partial charge < -0.3 is 14.8 Å². The van der Waals surface area contributed by atoms with Crippen molar-refractivity contribution in [2.45, 2.75) is 52.0 Å². The van der Waals surface area contributed by atoms with Crippen molar-refractivity contribution in [1.82, 2.24) is 5.32 Å². The maximum absolute atomic E-state index is 5.72. The molecule has 0 radical (unpaired) electrons. The second-order valence-electron chi connectivity index (χ2n) is 6.83. The van der Waals surface area contributed by atoms with Crippen LogP contribution in [0.5, 0.6) is 0 Å². The summed E-state index contributed by atoms with van der Waals surface area (Å²) in [5.74, 6) is 1.94. The van der Waals surface area contributed by atoms with Gasteiger partial charge in [0.1, 0.15) is 0 Å². The molecule has 2 bridgehead atoms. The molecule has 2 fully saturated rings. The number of rotatable bonds is 9. The normalized spacial score (nSPS) is 33.5. The number of ether oxygens (including phenoxy) is 2. The predicted octanol–water partition coefficient (Wildman–Crippen LogP) is 2.84. The van der Waals surface area contributed by atoms with Crippen LogP contribution in [0.4, 0.5) is 0 Å². The van der Waals surface area contributed by atoms with Crippen LogP contribution in [0.1, 0.15) is 46.0 Å². The number of nitrogens with one attached hydrogen (secondary N) is 1. The van der Waals surface area contributed by atoms with Gasteiger partial charge in [-0.15, -0.1) is 0 Å². The van der Waals surface area contributed by atoms with E-state index < -0.39 is 0 Å². The van der Waals surface area contributed by atoms with Gasteiger partial charge in [0.25, 0.3) is 0 Å². The minimum absolute atomic E-state index is 0.514. The topological polar surface area (TPSA) is 30.5 Å². The van der Waals surface area contributed by atoms with E-state index in [-0.39, 0.29) is 0 Å². The quantitative estimate of drug-likeness (QED) is 0.653. The first kappa shape index (κ1) is 15.3. The summed E-state index contributed by atoms with van der Waals surface area (Å²) in [6, 6.07) is 0.588. The lowest BCUT2D eigenvalue weighted by Gasteiger charge is -2.39. The van der Waals surface area contributed by atoms with E-state index >= 15 is 0 Å². The summed E-state index contributed by atoms with van der Waals surface area (Å²) in [7, 11) is 1.73. The minimum Gasteiger partial charge on any atom is -0.382 e. The molecule has 0 spiro atoms. The molecule has 0 aromatic heterocycles. The number of fused-ring (bicyclic) bond motifs is 2. The molecule has 112 valence electrons. The fraction of sp³-hybridized carbons (Fsp3) is 1.00. The van der Waals surface area contributed by atoms with Crippen LogP contribution in [0, 0.1) is 17.3 Å². The molecule has 19 heavy (non-hydrogen) atoms. The first-order valence-electron chi connectivity index (χ1n) is 7.96. The standard InChI is InChI=1S/C16H31NO2/c1-13(2)17-12-16(6-7-19-9-8-18-3)11-14-4-5-15(16)10-14/h13-15,17H,4-12H2,1-3H3. The van der Waals surface area contributed by atoms with Gasteiger partial charge in [-0.1, -0.05) is 20.3 Å². The van der Waals surface area contributed by atoms with Gasteiger partial charge in [-0.25, -0.2) is 0 Å². The summed E-state index contributed by atoms with van der Waals surface area (Å²) in [6.07, 6.45) is 7.03. The highest BCUT2D eigenvalue weighted by molar-refractivity contribution is 5.01. The van der Waals surface area contributed by atoms with Gasteiger partial charge in [-0.05, 0) is 42.9 Å². The van der Waals surface area contributed by atoms with Crippen molar-refractivity contribution in [1.29, 1.82) is 0 Å². The third kappa shape index (κ3) is 3.93. The summed E-state index contributed by atoms with van der Waals surface area (Å²) in [4.78, 5) is 0. The molecule has 0 aromatic rings. The molecule has 0 aromatic carbocycles. The van der Waals surface area contributed by atoms with Gasteiger partial charge in [-0.3, -0.25) is 0 Å². The van der Waals surface area contributed by atoms with Crippen molar-refractivity contribution >= 4 is 0 Å². The minimum atomic E-state index is 0.514. The molecule has 2 aliphatic carbocycles. The van der Waals surface area contributed by atoms with E-state index in [9.17, 15) is 0 Å². The van der Waals surface area contributed by atoms with E-state index in [0.29, 0.717) is 18.1 Å². The Morgan fingerprint density at radius 3 is 2.63 bits per heavy atom. The third-order valence-electron chi connectivity index (χ3n) is 5.14. The Hall–Kier alpha value is -0.120. The molecule has 3 atom stereocenters. The molecule has 0 heterocycles. The highest BCUT2D eigenvalue weighted by Crippen LogP contribution is 2.57. The average Bonchev–Trinajstić information content (AvgIpc) is 2.97. The van der Waals surface area contributed by atoms with E-state index in [0.717, 1.165) is 25.0 Å². The molecule has 2 rings (SSSR count). The van der Waals surface area contributed by atoms with Gasteiger partial charge in [0.15, 0.2) is 0 Å². The molecule has 0 amide bonds. The first-order valence-corrected chi connectivity index (χ1v) is 7.96. The van der Waals surface area contributed by atoms with Crippen LogP contribution in [0.3, 0.4) is 0 Å². The summed E-state index contributed by atoms with van der Waals surface area (Å²) in [5, 5.41) is 3.68. The fourth-order valence-corrected chi connectivity index (χ4v) is 4.10. The van der Waals surface area contributed by atoms with Crippen LogP contribution in [0.2, 0.25) is 0 Å². The molecule has 0 aliphatic heterocycles. The molecule has 3 unspecified atom stereocenters. The van der Waals surface area contributed by atoms with Gasteiger partial charge >= 0.3 is 0 Å². The van der Waals surface area contributed by atoms with Crippen LogP contribution in [0.25, 0.3) is 0 Å². The number of hydrogen-bond acceptors (Lipinski definition) is 3. The summed E-state index contributed by atoms with van der Waals surface area (Å²) >= 11 is 0. The van der Waals surface area contributed by atoms with E-state index in [4.69, 9.17) is 9.47 Å². The third-order valence-corrected chi connectivity index (χ3v) is 5.14. The lowest BCUT2D eigenvalue weighted by Crippen LogP contribution is -2.42. The molecule has 2 aliphatic rings. The Morgan fingerprint density at radius 2 is 2.05 bits per heavy atom.